The van der Waals surface area contributed by atoms with Crippen molar-refractivity contribution in [1.82, 2.24) is 14.4 Å². The second kappa shape index (κ2) is 7.57. The molecule has 0 N–H and O–H groups in total. The highest BCUT2D eigenvalue weighted by Crippen LogP contribution is 2.27. The van der Waals surface area contributed by atoms with E-state index in [0.29, 0.717) is 0 Å². The van der Waals surface area contributed by atoms with E-state index >= 15 is 0 Å². The molecule has 0 saturated carbocycles. The maximum Gasteiger partial charge on any atom is 0.270 e. The van der Waals surface area contributed by atoms with E-state index < -0.39 is 0 Å². The van der Waals surface area contributed by atoms with E-state index in [1.807, 2.05) is 17.0 Å². The van der Waals surface area contributed by atoms with Crippen molar-refractivity contribution in [1.29, 1.82) is 0 Å². The Labute approximate surface area is 161 Å². The van der Waals surface area contributed by atoms with Crippen molar-refractivity contribution >= 4 is 16.8 Å². The van der Waals surface area contributed by atoms with Crippen LogP contribution in [0.2, 0.25) is 0 Å². The van der Waals surface area contributed by atoms with Crippen LogP contribution in [-0.4, -0.2) is 46.5 Å². The molecule has 0 bridgehead atoms. The van der Waals surface area contributed by atoms with Gasteiger partial charge >= 0.3 is 0 Å². The van der Waals surface area contributed by atoms with Gasteiger partial charge < -0.3 is 9.47 Å². The van der Waals surface area contributed by atoms with Gasteiger partial charge in [-0.15, -0.1) is 0 Å². The minimum Gasteiger partial charge on any atom is -0.337 e. The smallest absolute Gasteiger partial charge is 0.270 e. The summed E-state index contributed by atoms with van der Waals surface area (Å²) < 4.78 is 2.17. The largest absolute Gasteiger partial charge is 0.337 e. The average Bonchev–Trinajstić information content (AvgIpc) is 3.01. The highest BCUT2D eigenvalue weighted by Gasteiger charge is 2.27. The molecule has 4 heteroatoms. The summed E-state index contributed by atoms with van der Waals surface area (Å²) in [6.45, 7) is 9.37. The SMILES string of the molecule is CCn1c(C(=O)N2CCN(Cc3ccccc3)CC2)c(C)c2ccccc21. The molecule has 0 unspecified atom stereocenters. The van der Waals surface area contributed by atoms with Gasteiger partial charge in [-0.2, -0.15) is 0 Å². The number of nitrogens with zero attached hydrogens (tertiary/aromatic N) is 3. The molecule has 2 heterocycles. The number of aromatic nitrogens is 1. The maximum atomic E-state index is 13.3. The summed E-state index contributed by atoms with van der Waals surface area (Å²) in [6, 6.07) is 18.9. The summed E-state index contributed by atoms with van der Waals surface area (Å²) in [6.07, 6.45) is 0. The minimum absolute atomic E-state index is 0.171. The van der Waals surface area contributed by atoms with Crippen molar-refractivity contribution in [3.05, 3.63) is 71.4 Å². The van der Waals surface area contributed by atoms with Gasteiger partial charge in [0, 0.05) is 50.2 Å². The van der Waals surface area contributed by atoms with Crippen LogP contribution in [0.25, 0.3) is 10.9 Å². The summed E-state index contributed by atoms with van der Waals surface area (Å²) in [5.74, 6) is 0.171. The van der Waals surface area contributed by atoms with Gasteiger partial charge in [0.1, 0.15) is 5.69 Å². The van der Waals surface area contributed by atoms with E-state index in [9.17, 15) is 4.79 Å². The number of aryl methyl sites for hydroxylation is 2. The third-order valence-electron chi connectivity index (χ3n) is 5.65. The van der Waals surface area contributed by atoms with Crippen LogP contribution in [0.5, 0.6) is 0 Å². The molecule has 2 aromatic carbocycles. The molecule has 1 fully saturated rings. The molecule has 1 amide bonds. The molecule has 1 aliphatic heterocycles. The molecule has 0 aliphatic carbocycles. The Morgan fingerprint density at radius 2 is 1.59 bits per heavy atom. The molecule has 27 heavy (non-hydrogen) atoms. The Morgan fingerprint density at radius 1 is 0.926 bits per heavy atom. The third kappa shape index (κ3) is 3.37. The lowest BCUT2D eigenvalue weighted by Crippen LogP contribution is -2.48. The van der Waals surface area contributed by atoms with Gasteiger partial charge in [0.2, 0.25) is 0 Å². The number of carbonyl (C=O) groups is 1. The summed E-state index contributed by atoms with van der Waals surface area (Å²) in [7, 11) is 0. The fourth-order valence-corrected chi connectivity index (χ4v) is 4.18. The topological polar surface area (TPSA) is 28.5 Å². The molecule has 3 aromatic rings. The Balaban J connectivity index is 1.50. The number of piperazine rings is 1. The highest BCUT2D eigenvalue weighted by molar-refractivity contribution is 6.01. The van der Waals surface area contributed by atoms with Gasteiger partial charge in [-0.3, -0.25) is 9.69 Å². The van der Waals surface area contributed by atoms with Crippen molar-refractivity contribution in [3.8, 4) is 0 Å². The van der Waals surface area contributed by atoms with Crippen LogP contribution >= 0.6 is 0 Å². The van der Waals surface area contributed by atoms with E-state index in [2.05, 4.69) is 65.8 Å². The Morgan fingerprint density at radius 3 is 2.30 bits per heavy atom. The predicted molar refractivity (Wildman–Crippen MR) is 110 cm³/mol. The van der Waals surface area contributed by atoms with Crippen LogP contribution in [0, 0.1) is 6.92 Å². The number of amides is 1. The van der Waals surface area contributed by atoms with Crippen LogP contribution < -0.4 is 0 Å². The number of hydrogen-bond acceptors (Lipinski definition) is 2. The Kier molecular flexibility index (Phi) is 4.99. The van der Waals surface area contributed by atoms with Crippen LogP contribution in [0.4, 0.5) is 0 Å². The van der Waals surface area contributed by atoms with Crippen LogP contribution in [-0.2, 0) is 13.1 Å². The van der Waals surface area contributed by atoms with E-state index in [4.69, 9.17) is 0 Å². The Hall–Kier alpha value is -2.59. The highest BCUT2D eigenvalue weighted by atomic mass is 16.2. The minimum atomic E-state index is 0.171. The maximum absolute atomic E-state index is 13.3. The number of hydrogen-bond donors (Lipinski definition) is 0. The van der Waals surface area contributed by atoms with E-state index in [1.54, 1.807) is 0 Å². The first-order valence-corrected chi connectivity index (χ1v) is 9.82. The first kappa shape index (κ1) is 17.8. The van der Waals surface area contributed by atoms with Crippen LogP contribution in [0.1, 0.15) is 28.5 Å². The monoisotopic (exact) mass is 361 g/mol. The first-order chi connectivity index (χ1) is 13.2. The summed E-state index contributed by atoms with van der Waals surface area (Å²) in [5, 5.41) is 1.19. The molecule has 4 rings (SSSR count). The fraction of sp³-hybridized carbons (Fsp3) is 0.348. The van der Waals surface area contributed by atoms with Gasteiger partial charge in [-0.1, -0.05) is 48.5 Å². The zero-order chi connectivity index (χ0) is 18.8. The van der Waals surface area contributed by atoms with Crippen LogP contribution in [0.15, 0.2) is 54.6 Å². The van der Waals surface area contributed by atoms with Crippen LogP contribution in [0.3, 0.4) is 0 Å². The molecule has 1 aromatic heterocycles. The van der Waals surface area contributed by atoms with Gasteiger partial charge in [0.25, 0.3) is 5.91 Å². The van der Waals surface area contributed by atoms with Gasteiger partial charge in [-0.25, -0.2) is 0 Å². The van der Waals surface area contributed by atoms with Gasteiger partial charge in [0.05, 0.1) is 0 Å². The van der Waals surface area contributed by atoms with Crippen molar-refractivity contribution < 1.29 is 4.79 Å². The zero-order valence-corrected chi connectivity index (χ0v) is 16.2. The number of rotatable bonds is 4. The molecule has 1 saturated heterocycles. The molecular weight excluding hydrogens is 334 g/mol. The number of fused-ring (bicyclic) bond motifs is 1. The van der Waals surface area contributed by atoms with Crippen molar-refractivity contribution in [3.63, 3.8) is 0 Å². The summed E-state index contributed by atoms with van der Waals surface area (Å²) >= 11 is 0. The number of benzene rings is 2. The molecule has 0 atom stereocenters. The van der Waals surface area contributed by atoms with E-state index in [1.165, 1.54) is 10.9 Å². The average molecular weight is 361 g/mol. The summed E-state index contributed by atoms with van der Waals surface area (Å²) in [5.41, 5.74) is 4.45. The zero-order valence-electron chi connectivity index (χ0n) is 16.2. The van der Waals surface area contributed by atoms with Gasteiger partial charge in [-0.05, 0) is 31.0 Å². The number of carbonyl (C=O) groups excluding carboxylic acids is 1. The van der Waals surface area contributed by atoms with Crippen molar-refractivity contribution in [2.24, 2.45) is 0 Å². The Bertz CT molecular complexity index is 937. The van der Waals surface area contributed by atoms with Crippen molar-refractivity contribution in [2.75, 3.05) is 26.2 Å². The van der Waals surface area contributed by atoms with E-state index in [-0.39, 0.29) is 5.91 Å². The van der Waals surface area contributed by atoms with Gasteiger partial charge in [0.15, 0.2) is 0 Å². The lowest BCUT2D eigenvalue weighted by Gasteiger charge is -2.35. The quantitative estimate of drug-likeness (QED) is 0.704. The first-order valence-electron chi connectivity index (χ1n) is 9.82. The second-order valence-electron chi connectivity index (χ2n) is 7.29. The fourth-order valence-electron chi connectivity index (χ4n) is 4.18. The molecular formula is C23H27N3O. The summed E-state index contributed by atoms with van der Waals surface area (Å²) in [4.78, 5) is 17.8. The predicted octanol–water partition coefficient (Wildman–Crippen LogP) is 3.93. The number of para-hydroxylation sites is 1. The van der Waals surface area contributed by atoms with E-state index in [0.717, 1.165) is 56.0 Å². The molecule has 0 radical (unpaired) electrons. The lowest BCUT2D eigenvalue weighted by atomic mass is 10.1. The lowest BCUT2D eigenvalue weighted by molar-refractivity contribution is 0.0618. The standard InChI is InChI=1S/C23H27N3O/c1-3-26-21-12-8-7-11-20(21)18(2)22(26)23(27)25-15-13-24(14-16-25)17-19-9-5-4-6-10-19/h4-12H,3,13-17H2,1-2H3. The molecule has 140 valence electrons. The molecule has 1 aliphatic rings. The molecule has 4 nitrogen and oxygen atoms in total. The molecule has 0 spiro atoms. The van der Waals surface area contributed by atoms with Crippen molar-refractivity contribution in [2.45, 2.75) is 26.9 Å². The third-order valence-corrected chi connectivity index (χ3v) is 5.65. The second-order valence-corrected chi connectivity index (χ2v) is 7.29. The normalized spacial score (nSPS) is 15.4.